The number of rotatable bonds is 5. The molecule has 1 aromatic carbocycles. The highest BCUT2D eigenvalue weighted by Gasteiger charge is 2.28. The van der Waals surface area contributed by atoms with Gasteiger partial charge in [-0.3, -0.25) is 4.68 Å². The summed E-state index contributed by atoms with van der Waals surface area (Å²) in [6, 6.07) is 11.1. The zero-order valence-corrected chi connectivity index (χ0v) is 14.8. The largest absolute Gasteiger partial charge is 0.495 e. The van der Waals surface area contributed by atoms with Gasteiger partial charge in [0, 0.05) is 35.1 Å². The van der Waals surface area contributed by atoms with Gasteiger partial charge in [0.1, 0.15) is 18.1 Å². The molecule has 4 rings (SSSR count). The van der Waals surface area contributed by atoms with Gasteiger partial charge in [0.05, 0.1) is 24.5 Å². The topological polar surface area (TPSA) is 67.8 Å². The number of ether oxygens (including phenoxy) is 1. The standard InChI is InChI=1S/C19H16F3N5O/c1-28-17-5-3-2-4-14(17)26-18-7-16-12(8-23-18)6-15(25-16)13-9-24-27(10-13)11-19(20,21)22/h2-10,25H,11H2,1H3,(H,23,26). The van der Waals surface area contributed by atoms with Crippen LogP contribution in [-0.4, -0.2) is 33.0 Å². The molecular formula is C19H16F3N5O. The zero-order valence-electron chi connectivity index (χ0n) is 14.8. The van der Waals surface area contributed by atoms with Crippen molar-refractivity contribution in [2.24, 2.45) is 0 Å². The Morgan fingerprint density at radius 2 is 2.00 bits per heavy atom. The fourth-order valence-electron chi connectivity index (χ4n) is 2.91. The van der Waals surface area contributed by atoms with E-state index in [1.807, 2.05) is 36.4 Å². The summed E-state index contributed by atoms with van der Waals surface area (Å²) in [5.41, 5.74) is 2.81. The summed E-state index contributed by atoms with van der Waals surface area (Å²) in [5, 5.41) is 7.81. The van der Waals surface area contributed by atoms with Crippen molar-refractivity contribution >= 4 is 22.4 Å². The van der Waals surface area contributed by atoms with Crippen molar-refractivity contribution in [3.05, 3.63) is 55.0 Å². The van der Waals surface area contributed by atoms with Gasteiger partial charge in [0.25, 0.3) is 0 Å². The molecule has 144 valence electrons. The van der Waals surface area contributed by atoms with E-state index < -0.39 is 12.7 Å². The number of alkyl halides is 3. The van der Waals surface area contributed by atoms with Crippen molar-refractivity contribution in [2.45, 2.75) is 12.7 Å². The van der Waals surface area contributed by atoms with Crippen LogP contribution < -0.4 is 10.1 Å². The normalized spacial score (nSPS) is 11.7. The first-order chi connectivity index (χ1) is 13.4. The van der Waals surface area contributed by atoms with Crippen molar-refractivity contribution in [1.82, 2.24) is 19.7 Å². The van der Waals surface area contributed by atoms with Crippen molar-refractivity contribution in [1.29, 1.82) is 0 Å². The van der Waals surface area contributed by atoms with Gasteiger partial charge in [-0.2, -0.15) is 18.3 Å². The number of aromatic nitrogens is 4. The van der Waals surface area contributed by atoms with Gasteiger partial charge in [-0.1, -0.05) is 12.1 Å². The Labute approximate surface area is 158 Å². The predicted molar refractivity (Wildman–Crippen MR) is 99.6 cm³/mol. The van der Waals surface area contributed by atoms with Gasteiger partial charge in [0.15, 0.2) is 0 Å². The fraction of sp³-hybridized carbons (Fsp3) is 0.158. The Hall–Kier alpha value is -3.49. The minimum Gasteiger partial charge on any atom is -0.495 e. The Kier molecular flexibility index (Phi) is 4.42. The van der Waals surface area contributed by atoms with Crippen molar-refractivity contribution < 1.29 is 17.9 Å². The number of halogens is 3. The fourth-order valence-corrected chi connectivity index (χ4v) is 2.91. The van der Waals surface area contributed by atoms with Crippen molar-refractivity contribution in [3.8, 4) is 17.0 Å². The molecule has 0 aliphatic carbocycles. The van der Waals surface area contributed by atoms with Gasteiger partial charge in [-0.05, 0) is 18.2 Å². The second kappa shape index (κ2) is 6.91. The molecule has 9 heteroatoms. The number of nitrogens with one attached hydrogen (secondary N) is 2. The van der Waals surface area contributed by atoms with Crippen LogP contribution in [-0.2, 0) is 6.54 Å². The smallest absolute Gasteiger partial charge is 0.408 e. The first-order valence-corrected chi connectivity index (χ1v) is 8.40. The second-order valence-electron chi connectivity index (χ2n) is 6.21. The second-order valence-corrected chi connectivity index (χ2v) is 6.21. The monoisotopic (exact) mass is 387 g/mol. The number of hydrogen-bond donors (Lipinski definition) is 2. The van der Waals surface area contributed by atoms with E-state index in [2.05, 4.69) is 20.4 Å². The Morgan fingerprint density at radius 1 is 1.18 bits per heavy atom. The average Bonchev–Trinajstić information content (AvgIpc) is 3.27. The van der Waals surface area contributed by atoms with E-state index in [0.717, 1.165) is 21.3 Å². The maximum atomic E-state index is 12.5. The molecule has 0 saturated carbocycles. The lowest BCUT2D eigenvalue weighted by atomic mass is 10.2. The average molecular weight is 387 g/mol. The number of anilines is 2. The van der Waals surface area contributed by atoms with Crippen LogP contribution in [0.3, 0.4) is 0 Å². The summed E-state index contributed by atoms with van der Waals surface area (Å²) in [6.07, 6.45) is 0.136. The summed E-state index contributed by atoms with van der Waals surface area (Å²) in [7, 11) is 1.59. The van der Waals surface area contributed by atoms with E-state index in [4.69, 9.17) is 4.74 Å². The molecule has 0 aliphatic rings. The zero-order chi connectivity index (χ0) is 19.7. The van der Waals surface area contributed by atoms with Crippen LogP contribution in [0.25, 0.3) is 22.2 Å². The predicted octanol–water partition coefficient (Wildman–Crippen LogP) is 4.74. The van der Waals surface area contributed by atoms with Crippen LogP contribution in [0.15, 0.2) is 55.0 Å². The van der Waals surface area contributed by atoms with Gasteiger partial charge >= 0.3 is 6.18 Å². The number of benzene rings is 1. The molecule has 3 aromatic heterocycles. The van der Waals surface area contributed by atoms with Crippen LogP contribution in [0.4, 0.5) is 24.7 Å². The van der Waals surface area contributed by atoms with Gasteiger partial charge in [-0.25, -0.2) is 4.98 Å². The summed E-state index contributed by atoms with van der Waals surface area (Å²) in [6.45, 7) is -1.12. The third kappa shape index (κ3) is 3.78. The van der Waals surface area contributed by atoms with Crippen LogP contribution in [0.2, 0.25) is 0 Å². The van der Waals surface area contributed by atoms with E-state index in [1.165, 1.54) is 12.4 Å². The van der Waals surface area contributed by atoms with Crippen LogP contribution in [0, 0.1) is 0 Å². The molecule has 0 aliphatic heterocycles. The molecule has 6 nitrogen and oxygen atoms in total. The lowest BCUT2D eigenvalue weighted by molar-refractivity contribution is -0.142. The Morgan fingerprint density at radius 3 is 2.79 bits per heavy atom. The molecule has 28 heavy (non-hydrogen) atoms. The van der Waals surface area contributed by atoms with Gasteiger partial charge in [0.2, 0.25) is 0 Å². The summed E-state index contributed by atoms with van der Waals surface area (Å²) in [4.78, 5) is 7.58. The number of methoxy groups -OCH3 is 1. The lowest BCUT2D eigenvalue weighted by Gasteiger charge is -2.10. The summed E-state index contributed by atoms with van der Waals surface area (Å²) < 4.78 is 43.7. The number of pyridine rings is 1. The summed E-state index contributed by atoms with van der Waals surface area (Å²) >= 11 is 0. The maximum Gasteiger partial charge on any atom is 0.408 e. The van der Waals surface area contributed by atoms with E-state index in [1.54, 1.807) is 13.3 Å². The van der Waals surface area contributed by atoms with E-state index in [-0.39, 0.29) is 0 Å². The number of para-hydroxylation sites is 2. The molecule has 0 fully saturated rings. The molecule has 0 bridgehead atoms. The molecule has 3 heterocycles. The first-order valence-electron chi connectivity index (χ1n) is 8.40. The number of nitrogens with zero attached hydrogens (tertiary/aromatic N) is 3. The molecule has 0 atom stereocenters. The van der Waals surface area contributed by atoms with Gasteiger partial charge < -0.3 is 15.0 Å². The maximum absolute atomic E-state index is 12.5. The SMILES string of the molecule is COc1ccccc1Nc1cc2[nH]c(-c3cnn(CC(F)(F)F)c3)cc2cn1. The molecule has 4 aromatic rings. The third-order valence-corrected chi connectivity index (χ3v) is 4.16. The highest BCUT2D eigenvalue weighted by atomic mass is 19.4. The number of aromatic amines is 1. The Balaban J connectivity index is 1.60. The molecule has 0 spiro atoms. The van der Waals surface area contributed by atoms with E-state index in [9.17, 15) is 13.2 Å². The third-order valence-electron chi connectivity index (χ3n) is 4.16. The first kappa shape index (κ1) is 17.9. The molecule has 0 radical (unpaired) electrons. The highest BCUT2D eigenvalue weighted by Crippen LogP contribution is 2.29. The van der Waals surface area contributed by atoms with Gasteiger partial charge in [-0.15, -0.1) is 0 Å². The Bertz CT molecular complexity index is 1120. The molecule has 2 N–H and O–H groups in total. The van der Waals surface area contributed by atoms with Crippen molar-refractivity contribution in [3.63, 3.8) is 0 Å². The van der Waals surface area contributed by atoms with E-state index >= 15 is 0 Å². The van der Waals surface area contributed by atoms with Crippen LogP contribution in [0.5, 0.6) is 5.75 Å². The van der Waals surface area contributed by atoms with Crippen LogP contribution >= 0.6 is 0 Å². The quantitative estimate of drug-likeness (QED) is 0.519. The number of fused-ring (bicyclic) bond motifs is 1. The molecule has 0 unspecified atom stereocenters. The molecule has 0 saturated heterocycles. The van der Waals surface area contributed by atoms with Crippen molar-refractivity contribution in [2.75, 3.05) is 12.4 Å². The minimum absolute atomic E-state index is 0.569. The van der Waals surface area contributed by atoms with E-state index in [0.29, 0.717) is 22.8 Å². The summed E-state index contributed by atoms with van der Waals surface area (Å²) in [5.74, 6) is 1.30. The van der Waals surface area contributed by atoms with Crippen LogP contribution in [0.1, 0.15) is 0 Å². The lowest BCUT2D eigenvalue weighted by Crippen LogP contribution is -2.17. The number of hydrogen-bond acceptors (Lipinski definition) is 4. The molecule has 0 amide bonds. The molecular weight excluding hydrogens is 371 g/mol. The number of H-pyrrole nitrogens is 1. The highest BCUT2D eigenvalue weighted by molar-refractivity contribution is 5.87. The minimum atomic E-state index is -4.31.